The van der Waals surface area contributed by atoms with Crippen LogP contribution in [0.15, 0.2) is 5.16 Å². The predicted octanol–water partition coefficient (Wildman–Crippen LogP) is -1.62. The molecule has 1 unspecified atom stereocenters. The van der Waals surface area contributed by atoms with Crippen molar-refractivity contribution >= 4 is 17.7 Å². The molecule has 0 fully saturated rings. The lowest BCUT2D eigenvalue weighted by Crippen LogP contribution is -2.41. The molecule has 0 saturated heterocycles. The predicted molar refractivity (Wildman–Crippen MR) is 51.6 cm³/mol. The molecule has 0 radical (unpaired) electrons. The second-order valence-electron chi connectivity index (χ2n) is 2.64. The number of aromatic nitrogens is 4. The Morgan fingerprint density at radius 3 is 2.93 bits per heavy atom. The Hall–Kier alpha value is -1.15. The Bertz CT molecular complexity index is 313. The van der Waals surface area contributed by atoms with Crippen LogP contribution >= 0.6 is 11.8 Å². The van der Waals surface area contributed by atoms with Crippen LogP contribution in [0.4, 0.5) is 0 Å². The lowest BCUT2D eigenvalue weighted by Gasteiger charge is -2.09. The lowest BCUT2D eigenvalue weighted by molar-refractivity contribution is -0.119. The third-order valence-corrected chi connectivity index (χ3v) is 2.76. The summed E-state index contributed by atoms with van der Waals surface area (Å²) < 4.78 is 1.54. The van der Waals surface area contributed by atoms with Gasteiger partial charge < -0.3 is 11.1 Å². The van der Waals surface area contributed by atoms with Crippen molar-refractivity contribution in [2.45, 2.75) is 11.2 Å². The van der Waals surface area contributed by atoms with Crippen LogP contribution in [-0.2, 0) is 11.8 Å². The van der Waals surface area contributed by atoms with E-state index >= 15 is 0 Å². The highest BCUT2D eigenvalue weighted by atomic mass is 32.2. The van der Waals surface area contributed by atoms with Crippen molar-refractivity contribution in [3.05, 3.63) is 0 Å². The van der Waals surface area contributed by atoms with Crippen molar-refractivity contribution in [2.24, 2.45) is 12.8 Å². The first kappa shape index (κ1) is 10.9. The molecule has 0 aromatic carbocycles. The number of tetrazole rings is 1. The minimum atomic E-state index is -0.380. The molecule has 8 heteroatoms. The van der Waals surface area contributed by atoms with Crippen LogP contribution in [0.1, 0.15) is 0 Å². The van der Waals surface area contributed by atoms with Crippen molar-refractivity contribution < 1.29 is 4.79 Å². The average molecular weight is 216 g/mol. The largest absolute Gasteiger partial charge is 0.368 e. The van der Waals surface area contributed by atoms with E-state index in [9.17, 15) is 4.79 Å². The van der Waals surface area contributed by atoms with Crippen molar-refractivity contribution in [3.8, 4) is 0 Å². The molecule has 1 rings (SSSR count). The maximum Gasteiger partial charge on any atom is 0.235 e. The van der Waals surface area contributed by atoms with E-state index in [4.69, 9.17) is 5.73 Å². The first-order valence-electron chi connectivity index (χ1n) is 3.97. The Morgan fingerprint density at radius 1 is 1.79 bits per heavy atom. The highest BCUT2D eigenvalue weighted by Gasteiger charge is 2.14. The Morgan fingerprint density at radius 2 is 2.50 bits per heavy atom. The van der Waals surface area contributed by atoms with E-state index in [1.54, 1.807) is 18.8 Å². The zero-order valence-electron chi connectivity index (χ0n) is 7.97. The fourth-order valence-corrected chi connectivity index (χ4v) is 1.77. The zero-order valence-corrected chi connectivity index (χ0v) is 8.78. The minimum Gasteiger partial charge on any atom is -0.368 e. The second-order valence-corrected chi connectivity index (χ2v) is 3.63. The minimum absolute atomic E-state index is 0.364. The number of carbonyl (C=O) groups is 1. The summed E-state index contributed by atoms with van der Waals surface area (Å²) in [6, 6.07) is -0.364. The zero-order chi connectivity index (χ0) is 10.6. The molecule has 1 atom stereocenters. The average Bonchev–Trinajstić information content (AvgIpc) is 2.52. The number of aryl methyl sites for hydroxylation is 1. The van der Waals surface area contributed by atoms with Gasteiger partial charge in [0, 0.05) is 12.8 Å². The van der Waals surface area contributed by atoms with Crippen molar-refractivity contribution in [1.82, 2.24) is 25.5 Å². The molecule has 3 N–H and O–H groups in total. The van der Waals surface area contributed by atoms with Crippen molar-refractivity contribution in [1.29, 1.82) is 0 Å². The first-order chi connectivity index (χ1) is 6.65. The molecule has 7 nitrogen and oxygen atoms in total. The molecule has 0 aliphatic rings. The Labute approximate surface area is 85.4 Å². The summed E-state index contributed by atoms with van der Waals surface area (Å²) in [7, 11) is 3.42. The summed E-state index contributed by atoms with van der Waals surface area (Å²) >= 11 is 1.38. The Kier molecular flexibility index (Phi) is 3.84. The SMILES string of the molecule is CNC(CSc1nnnn1C)C(N)=O. The first-order valence-corrected chi connectivity index (χ1v) is 4.95. The van der Waals surface area contributed by atoms with E-state index in [1.807, 2.05) is 0 Å². The number of hydrogen-bond acceptors (Lipinski definition) is 6. The molecule has 0 bridgehead atoms. The van der Waals surface area contributed by atoms with E-state index in [0.29, 0.717) is 10.9 Å². The van der Waals surface area contributed by atoms with Gasteiger partial charge in [0.1, 0.15) is 0 Å². The van der Waals surface area contributed by atoms with E-state index < -0.39 is 0 Å². The van der Waals surface area contributed by atoms with Gasteiger partial charge >= 0.3 is 0 Å². The summed E-state index contributed by atoms with van der Waals surface area (Å²) in [6.07, 6.45) is 0. The molecule has 1 amide bonds. The molecule has 1 aromatic rings. The summed E-state index contributed by atoms with van der Waals surface area (Å²) in [5.41, 5.74) is 5.15. The van der Waals surface area contributed by atoms with Crippen LogP contribution in [0, 0.1) is 0 Å². The third kappa shape index (κ3) is 2.67. The van der Waals surface area contributed by atoms with Crippen molar-refractivity contribution in [3.63, 3.8) is 0 Å². The molecule has 0 saturated carbocycles. The molecule has 0 spiro atoms. The van der Waals surface area contributed by atoms with Crippen LogP contribution in [0.2, 0.25) is 0 Å². The van der Waals surface area contributed by atoms with Gasteiger partial charge in [0.25, 0.3) is 0 Å². The fraction of sp³-hybridized carbons (Fsp3) is 0.667. The van der Waals surface area contributed by atoms with E-state index in [2.05, 4.69) is 20.8 Å². The summed E-state index contributed by atoms with van der Waals surface area (Å²) in [6.45, 7) is 0. The number of carbonyl (C=O) groups excluding carboxylic acids is 1. The highest BCUT2D eigenvalue weighted by Crippen LogP contribution is 2.13. The third-order valence-electron chi connectivity index (χ3n) is 1.65. The van der Waals surface area contributed by atoms with Crippen LogP contribution in [0.3, 0.4) is 0 Å². The molecular formula is C6H12N6OS. The number of nitrogens with one attached hydrogen (secondary N) is 1. The summed E-state index contributed by atoms with van der Waals surface area (Å²) in [5.74, 6) is 0.134. The number of rotatable bonds is 5. The number of likely N-dealkylation sites (N-methyl/N-ethyl adjacent to an activating group) is 1. The van der Waals surface area contributed by atoms with Gasteiger partial charge in [0.15, 0.2) is 0 Å². The Balaban J connectivity index is 2.47. The molecule has 1 heterocycles. The number of nitrogens with zero attached hydrogens (tertiary/aromatic N) is 4. The van der Waals surface area contributed by atoms with E-state index in [-0.39, 0.29) is 11.9 Å². The highest BCUT2D eigenvalue weighted by molar-refractivity contribution is 7.99. The van der Waals surface area contributed by atoms with Gasteiger partial charge in [-0.1, -0.05) is 11.8 Å². The number of thioether (sulfide) groups is 1. The van der Waals surface area contributed by atoms with Crippen LogP contribution in [0.5, 0.6) is 0 Å². The normalized spacial score (nSPS) is 12.7. The lowest BCUT2D eigenvalue weighted by atomic mass is 10.3. The van der Waals surface area contributed by atoms with Gasteiger partial charge in [-0.2, -0.15) is 0 Å². The van der Waals surface area contributed by atoms with E-state index in [1.165, 1.54) is 11.8 Å². The number of hydrogen-bond donors (Lipinski definition) is 2. The van der Waals surface area contributed by atoms with Gasteiger partial charge in [0.05, 0.1) is 6.04 Å². The van der Waals surface area contributed by atoms with Gasteiger partial charge in [-0.05, 0) is 17.5 Å². The standard InChI is InChI=1S/C6H12N6OS/c1-8-4(5(7)13)3-14-6-9-10-11-12(6)2/h4,8H,3H2,1-2H3,(H2,7,13). The van der Waals surface area contributed by atoms with E-state index in [0.717, 1.165) is 0 Å². The van der Waals surface area contributed by atoms with Crippen LogP contribution < -0.4 is 11.1 Å². The topological polar surface area (TPSA) is 98.7 Å². The quantitative estimate of drug-likeness (QED) is 0.574. The molecular weight excluding hydrogens is 204 g/mol. The fourth-order valence-electron chi connectivity index (χ4n) is 0.809. The number of primary amides is 1. The van der Waals surface area contributed by atoms with Crippen LogP contribution in [-0.4, -0.2) is 45.0 Å². The van der Waals surface area contributed by atoms with Crippen LogP contribution in [0.25, 0.3) is 0 Å². The molecule has 0 aliphatic heterocycles. The molecule has 1 aromatic heterocycles. The molecule has 78 valence electrons. The molecule has 14 heavy (non-hydrogen) atoms. The maximum absolute atomic E-state index is 10.9. The number of amides is 1. The maximum atomic E-state index is 10.9. The molecule has 0 aliphatic carbocycles. The smallest absolute Gasteiger partial charge is 0.235 e. The van der Waals surface area contributed by atoms with Gasteiger partial charge in [-0.25, -0.2) is 4.68 Å². The van der Waals surface area contributed by atoms with Gasteiger partial charge in [-0.15, -0.1) is 5.10 Å². The monoisotopic (exact) mass is 216 g/mol. The number of nitrogens with two attached hydrogens (primary N) is 1. The second kappa shape index (κ2) is 4.91. The van der Waals surface area contributed by atoms with Gasteiger partial charge in [0.2, 0.25) is 11.1 Å². The van der Waals surface area contributed by atoms with Gasteiger partial charge in [-0.3, -0.25) is 4.79 Å². The van der Waals surface area contributed by atoms with Crippen molar-refractivity contribution in [2.75, 3.05) is 12.8 Å². The summed E-state index contributed by atoms with van der Waals surface area (Å²) in [5, 5.41) is 14.4. The summed E-state index contributed by atoms with van der Waals surface area (Å²) in [4.78, 5) is 10.9.